The number of hydrogen-bond donors (Lipinski definition) is 0. The third kappa shape index (κ3) is 5.89. The molecule has 4 heteroatoms. The van der Waals surface area contributed by atoms with Gasteiger partial charge in [-0.3, -0.25) is 0 Å². The van der Waals surface area contributed by atoms with Crippen LogP contribution in [0.1, 0.15) is 22.3 Å². The van der Waals surface area contributed by atoms with Crippen molar-refractivity contribution in [3.63, 3.8) is 0 Å². The van der Waals surface area contributed by atoms with E-state index in [-0.39, 0.29) is 0 Å². The zero-order valence-electron chi connectivity index (χ0n) is 35.8. The summed E-state index contributed by atoms with van der Waals surface area (Å²) in [6.45, 7) is 0. The van der Waals surface area contributed by atoms with Crippen LogP contribution >= 0.6 is 0 Å². The highest BCUT2D eigenvalue weighted by Gasteiger charge is 2.46. The first-order chi connectivity index (χ1) is 32.7. The molecule has 0 fully saturated rings. The van der Waals surface area contributed by atoms with Crippen molar-refractivity contribution in [2.24, 2.45) is 0 Å². The summed E-state index contributed by atoms with van der Waals surface area (Å²) in [5, 5.41) is 4.37. The van der Waals surface area contributed by atoms with Gasteiger partial charge in [-0.25, -0.2) is 15.0 Å². The molecule has 12 aromatic rings. The first-order valence-corrected chi connectivity index (χ1v) is 22.4. The van der Waals surface area contributed by atoms with E-state index in [9.17, 15) is 0 Å². The van der Waals surface area contributed by atoms with Gasteiger partial charge in [-0.15, -0.1) is 0 Å². The maximum absolute atomic E-state index is 6.53. The third-order valence-electron chi connectivity index (χ3n) is 13.4. The van der Waals surface area contributed by atoms with Crippen LogP contribution in [0.3, 0.4) is 0 Å². The molecule has 13 rings (SSSR count). The Morgan fingerprint density at radius 2 is 0.848 bits per heavy atom. The van der Waals surface area contributed by atoms with Crippen molar-refractivity contribution in [1.29, 1.82) is 0 Å². The SMILES string of the molecule is c1ccc(-c2nc(-c3ccccc3)nc(-c3cccc4oc5ccc(-c6ccc7c(-c8cccc9c8-c8ccccc8C9(c8ccccc8)c8ccccc8)cccc7c6)cc5c34)n2)cc1. The van der Waals surface area contributed by atoms with Gasteiger partial charge in [0, 0.05) is 27.5 Å². The highest BCUT2D eigenvalue weighted by molar-refractivity contribution is 6.13. The first kappa shape index (κ1) is 37.8. The van der Waals surface area contributed by atoms with E-state index in [1.54, 1.807) is 0 Å². The maximum Gasteiger partial charge on any atom is 0.164 e. The zero-order chi connectivity index (χ0) is 43.6. The quantitative estimate of drug-likeness (QED) is 0.160. The number of furan rings is 1. The van der Waals surface area contributed by atoms with E-state index in [1.165, 1.54) is 55.3 Å². The monoisotopic (exact) mass is 841 g/mol. The molecular formula is C62H39N3O. The summed E-state index contributed by atoms with van der Waals surface area (Å²) in [5.74, 6) is 1.84. The second kappa shape index (κ2) is 15.2. The van der Waals surface area contributed by atoms with E-state index in [4.69, 9.17) is 19.4 Å². The van der Waals surface area contributed by atoms with Crippen LogP contribution in [0.2, 0.25) is 0 Å². The van der Waals surface area contributed by atoms with E-state index in [2.05, 4.69) is 164 Å². The van der Waals surface area contributed by atoms with Crippen LogP contribution in [-0.2, 0) is 5.41 Å². The number of hydrogen-bond acceptors (Lipinski definition) is 4. The molecule has 2 heterocycles. The molecule has 10 aromatic carbocycles. The van der Waals surface area contributed by atoms with Crippen LogP contribution in [0.4, 0.5) is 0 Å². The molecule has 1 aliphatic carbocycles. The highest BCUT2D eigenvalue weighted by atomic mass is 16.3. The Bertz CT molecular complexity index is 3710. The minimum Gasteiger partial charge on any atom is -0.456 e. The fraction of sp³-hybridized carbons (Fsp3) is 0.0161. The Kier molecular flexibility index (Phi) is 8.72. The fourth-order valence-electron chi connectivity index (χ4n) is 10.5. The molecule has 66 heavy (non-hydrogen) atoms. The van der Waals surface area contributed by atoms with Crippen molar-refractivity contribution in [3.8, 4) is 67.5 Å². The molecule has 0 radical (unpaired) electrons. The molecule has 0 spiro atoms. The Balaban J connectivity index is 0.949. The topological polar surface area (TPSA) is 51.8 Å². The van der Waals surface area contributed by atoms with Gasteiger partial charge in [0.2, 0.25) is 0 Å². The lowest BCUT2D eigenvalue weighted by Gasteiger charge is -2.34. The minimum atomic E-state index is -0.462. The molecule has 0 saturated heterocycles. The van der Waals surface area contributed by atoms with Gasteiger partial charge in [0.05, 0.1) is 5.41 Å². The standard InChI is InChI=1S/C62H39N3O/c1-5-18-40(19-6-1)59-63-60(41-20-7-2-8-21-41)65-61(64-59)51-30-17-33-56-58(51)52-39-43(35-37-55(52)66-56)42-34-36-47-44(38-42)22-15-28-48(47)49-29-16-32-54-57(49)50-27-13-14-31-53(50)62(54,45-23-9-3-10-24-45)46-25-11-4-12-26-46/h1-39H. The molecule has 0 N–H and O–H groups in total. The van der Waals surface area contributed by atoms with Crippen LogP contribution in [0, 0.1) is 0 Å². The molecule has 0 atom stereocenters. The number of rotatable bonds is 7. The molecule has 0 unspecified atom stereocenters. The predicted molar refractivity (Wildman–Crippen MR) is 269 cm³/mol. The summed E-state index contributed by atoms with van der Waals surface area (Å²) in [7, 11) is 0. The molecule has 0 aliphatic heterocycles. The average Bonchev–Trinajstić information content (AvgIpc) is 3.93. The van der Waals surface area contributed by atoms with E-state index >= 15 is 0 Å². The number of benzene rings is 10. The van der Waals surface area contributed by atoms with E-state index in [1.807, 2.05) is 72.8 Å². The summed E-state index contributed by atoms with van der Waals surface area (Å²) in [4.78, 5) is 15.1. The number of aromatic nitrogens is 3. The van der Waals surface area contributed by atoms with Crippen molar-refractivity contribution in [3.05, 3.63) is 259 Å². The Labute approximate surface area is 382 Å². The van der Waals surface area contributed by atoms with Gasteiger partial charge in [0.15, 0.2) is 17.5 Å². The molecule has 308 valence electrons. The molecule has 0 bridgehead atoms. The van der Waals surface area contributed by atoms with Gasteiger partial charge in [-0.2, -0.15) is 0 Å². The minimum absolute atomic E-state index is 0.462. The van der Waals surface area contributed by atoms with Crippen LogP contribution in [0.25, 0.3) is 100 Å². The molecule has 0 saturated carbocycles. The third-order valence-corrected chi connectivity index (χ3v) is 13.4. The Morgan fingerprint density at radius 1 is 0.318 bits per heavy atom. The fourth-order valence-corrected chi connectivity index (χ4v) is 10.5. The summed E-state index contributed by atoms with van der Waals surface area (Å²) < 4.78 is 6.53. The van der Waals surface area contributed by atoms with Crippen molar-refractivity contribution in [1.82, 2.24) is 15.0 Å². The van der Waals surface area contributed by atoms with Crippen LogP contribution in [0.15, 0.2) is 241 Å². The second-order valence-electron chi connectivity index (χ2n) is 17.0. The number of fused-ring (bicyclic) bond motifs is 7. The van der Waals surface area contributed by atoms with Crippen molar-refractivity contribution in [2.75, 3.05) is 0 Å². The van der Waals surface area contributed by atoms with E-state index in [0.29, 0.717) is 17.5 Å². The lowest BCUT2D eigenvalue weighted by Crippen LogP contribution is -2.28. The molecule has 4 nitrogen and oxygen atoms in total. The largest absolute Gasteiger partial charge is 0.456 e. The van der Waals surface area contributed by atoms with Crippen molar-refractivity contribution in [2.45, 2.75) is 5.41 Å². The van der Waals surface area contributed by atoms with E-state index < -0.39 is 5.41 Å². The molecule has 2 aromatic heterocycles. The highest BCUT2D eigenvalue weighted by Crippen LogP contribution is 2.58. The van der Waals surface area contributed by atoms with Gasteiger partial charge in [0.1, 0.15) is 11.2 Å². The molecular weight excluding hydrogens is 803 g/mol. The average molecular weight is 842 g/mol. The predicted octanol–water partition coefficient (Wildman–Crippen LogP) is 15.6. The second-order valence-corrected chi connectivity index (χ2v) is 17.0. The van der Waals surface area contributed by atoms with Gasteiger partial charge in [-0.05, 0) is 90.7 Å². The van der Waals surface area contributed by atoms with Crippen LogP contribution in [0.5, 0.6) is 0 Å². The summed E-state index contributed by atoms with van der Waals surface area (Å²) >= 11 is 0. The Morgan fingerprint density at radius 3 is 1.56 bits per heavy atom. The Hall–Kier alpha value is -8.73. The number of nitrogens with zero attached hydrogens (tertiary/aromatic N) is 3. The van der Waals surface area contributed by atoms with Crippen LogP contribution < -0.4 is 0 Å². The molecule has 1 aliphatic rings. The normalized spacial score (nSPS) is 12.7. The zero-order valence-corrected chi connectivity index (χ0v) is 35.8. The van der Waals surface area contributed by atoms with E-state index in [0.717, 1.165) is 49.8 Å². The van der Waals surface area contributed by atoms with Gasteiger partial charge in [0.25, 0.3) is 0 Å². The summed E-state index contributed by atoms with van der Waals surface area (Å²) in [5.41, 5.74) is 16.2. The van der Waals surface area contributed by atoms with Gasteiger partial charge >= 0.3 is 0 Å². The van der Waals surface area contributed by atoms with Gasteiger partial charge < -0.3 is 4.42 Å². The maximum atomic E-state index is 6.53. The summed E-state index contributed by atoms with van der Waals surface area (Å²) in [6, 6.07) is 84.3. The lowest BCUT2D eigenvalue weighted by atomic mass is 9.67. The van der Waals surface area contributed by atoms with Crippen molar-refractivity contribution < 1.29 is 4.42 Å². The van der Waals surface area contributed by atoms with Gasteiger partial charge in [-0.1, -0.05) is 212 Å². The molecule has 0 amide bonds. The van der Waals surface area contributed by atoms with Crippen LogP contribution in [-0.4, -0.2) is 15.0 Å². The lowest BCUT2D eigenvalue weighted by molar-refractivity contribution is 0.669. The smallest absolute Gasteiger partial charge is 0.164 e. The summed E-state index contributed by atoms with van der Waals surface area (Å²) in [6.07, 6.45) is 0. The first-order valence-electron chi connectivity index (χ1n) is 22.4. The van der Waals surface area contributed by atoms with Crippen molar-refractivity contribution >= 4 is 32.7 Å².